The van der Waals surface area contributed by atoms with Crippen LogP contribution in [0.5, 0.6) is 0 Å². The Morgan fingerprint density at radius 3 is 2.44 bits per heavy atom. The van der Waals surface area contributed by atoms with Crippen LogP contribution in [-0.4, -0.2) is 25.9 Å². The van der Waals surface area contributed by atoms with Crippen LogP contribution in [0.25, 0.3) is 0 Å². The molecule has 1 aromatic carbocycles. The first-order valence-electron chi connectivity index (χ1n) is 4.71. The molecule has 0 aliphatic heterocycles. The lowest BCUT2D eigenvalue weighted by molar-refractivity contribution is -0.118. The monoisotopic (exact) mass is 243 g/mol. The number of para-hydroxylation sites is 1. The fourth-order valence-electron chi connectivity index (χ4n) is 1.32. The van der Waals surface area contributed by atoms with Crippen molar-refractivity contribution in [2.24, 2.45) is 0 Å². The van der Waals surface area contributed by atoms with E-state index in [0.717, 1.165) is 0 Å². The van der Waals surface area contributed by atoms with Crippen molar-refractivity contribution < 1.29 is 17.8 Å². The normalized spacial score (nSPS) is 11.2. The summed E-state index contributed by atoms with van der Waals surface area (Å²) >= 11 is 0. The highest BCUT2D eigenvalue weighted by molar-refractivity contribution is 7.86. The van der Waals surface area contributed by atoms with E-state index in [9.17, 15) is 13.2 Å². The maximum atomic E-state index is 11.4. The van der Waals surface area contributed by atoms with Crippen molar-refractivity contribution in [3.05, 3.63) is 24.3 Å². The van der Waals surface area contributed by atoms with Gasteiger partial charge in [-0.15, -0.1) is 0 Å². The Labute approximate surface area is 94.4 Å². The summed E-state index contributed by atoms with van der Waals surface area (Å²) in [5.74, 6) is -0.226. The zero-order chi connectivity index (χ0) is 12.3. The van der Waals surface area contributed by atoms with Gasteiger partial charge in [-0.1, -0.05) is 19.1 Å². The van der Waals surface area contributed by atoms with Crippen LogP contribution in [0.3, 0.4) is 0 Å². The van der Waals surface area contributed by atoms with Crippen molar-refractivity contribution in [3.8, 4) is 0 Å². The number of benzene rings is 1. The molecule has 1 rings (SSSR count). The largest absolute Gasteiger partial charge is 0.314 e. The second-order valence-electron chi connectivity index (χ2n) is 3.25. The van der Waals surface area contributed by atoms with Crippen molar-refractivity contribution in [2.45, 2.75) is 18.2 Å². The van der Waals surface area contributed by atoms with Gasteiger partial charge >= 0.3 is 0 Å². The van der Waals surface area contributed by atoms with E-state index in [2.05, 4.69) is 0 Å². The molecule has 5 nitrogen and oxygen atoms in total. The Hall–Kier alpha value is -1.40. The van der Waals surface area contributed by atoms with Crippen molar-refractivity contribution >= 4 is 21.7 Å². The van der Waals surface area contributed by atoms with Gasteiger partial charge < -0.3 is 4.90 Å². The van der Waals surface area contributed by atoms with Gasteiger partial charge in [-0.25, -0.2) is 0 Å². The Balaban J connectivity index is 3.30. The SMILES string of the molecule is CCC(=O)N(C)c1ccccc1S(=O)(=O)O. The predicted octanol–water partition coefficient (Wildman–Crippen LogP) is 1.31. The predicted molar refractivity (Wildman–Crippen MR) is 60.0 cm³/mol. The van der Waals surface area contributed by atoms with Gasteiger partial charge in [-0.05, 0) is 12.1 Å². The Morgan fingerprint density at radius 1 is 1.38 bits per heavy atom. The molecule has 0 bridgehead atoms. The fraction of sp³-hybridized carbons (Fsp3) is 0.300. The Kier molecular flexibility index (Phi) is 3.66. The van der Waals surface area contributed by atoms with E-state index in [1.807, 2.05) is 0 Å². The molecule has 0 radical (unpaired) electrons. The molecule has 1 N–H and O–H groups in total. The van der Waals surface area contributed by atoms with Gasteiger partial charge in [-0.2, -0.15) is 8.42 Å². The lowest BCUT2D eigenvalue weighted by Gasteiger charge is -2.18. The first-order valence-corrected chi connectivity index (χ1v) is 6.15. The average molecular weight is 243 g/mol. The van der Waals surface area contributed by atoms with Gasteiger partial charge in [-0.3, -0.25) is 9.35 Å². The van der Waals surface area contributed by atoms with Gasteiger partial charge in [0, 0.05) is 13.5 Å². The molecule has 1 amide bonds. The van der Waals surface area contributed by atoms with Gasteiger partial charge in [0.25, 0.3) is 10.1 Å². The highest BCUT2D eigenvalue weighted by Crippen LogP contribution is 2.24. The number of rotatable bonds is 3. The summed E-state index contributed by atoms with van der Waals surface area (Å²) in [6.07, 6.45) is 0.260. The van der Waals surface area contributed by atoms with Crippen LogP contribution in [0, 0.1) is 0 Å². The molecule has 0 saturated heterocycles. The summed E-state index contributed by atoms with van der Waals surface area (Å²) in [7, 11) is -2.85. The van der Waals surface area contributed by atoms with E-state index in [1.54, 1.807) is 13.0 Å². The third kappa shape index (κ3) is 2.59. The van der Waals surface area contributed by atoms with Gasteiger partial charge in [0.1, 0.15) is 4.90 Å². The van der Waals surface area contributed by atoms with E-state index in [0.29, 0.717) is 0 Å². The number of hydrogen-bond donors (Lipinski definition) is 1. The second kappa shape index (κ2) is 4.63. The van der Waals surface area contributed by atoms with Crippen LogP contribution in [0.4, 0.5) is 5.69 Å². The van der Waals surface area contributed by atoms with Crippen molar-refractivity contribution in [2.75, 3.05) is 11.9 Å². The van der Waals surface area contributed by atoms with Crippen LogP contribution < -0.4 is 4.90 Å². The molecule has 0 atom stereocenters. The van der Waals surface area contributed by atoms with Crippen LogP contribution in [-0.2, 0) is 14.9 Å². The lowest BCUT2D eigenvalue weighted by Crippen LogP contribution is -2.26. The molecule has 0 saturated carbocycles. The fourth-order valence-corrected chi connectivity index (χ4v) is 2.04. The van der Waals surface area contributed by atoms with Gasteiger partial charge in [0.05, 0.1) is 5.69 Å². The molecule has 0 unspecified atom stereocenters. The Morgan fingerprint density at radius 2 is 1.94 bits per heavy atom. The summed E-state index contributed by atoms with van der Waals surface area (Å²) in [6.45, 7) is 1.68. The molecule has 6 heteroatoms. The molecule has 0 aliphatic rings. The summed E-state index contributed by atoms with van der Waals surface area (Å²) in [5.41, 5.74) is 0.178. The number of carbonyl (C=O) groups excluding carboxylic acids is 1. The van der Waals surface area contributed by atoms with Crippen LogP contribution in [0.1, 0.15) is 13.3 Å². The molecule has 88 valence electrons. The van der Waals surface area contributed by atoms with E-state index in [4.69, 9.17) is 4.55 Å². The second-order valence-corrected chi connectivity index (χ2v) is 4.64. The molecular formula is C10H13NO4S. The minimum atomic E-state index is -4.31. The Bertz CT molecular complexity index is 495. The summed E-state index contributed by atoms with van der Waals surface area (Å²) in [5, 5.41) is 0. The first kappa shape index (κ1) is 12.7. The minimum absolute atomic E-state index is 0.178. The molecule has 0 aromatic heterocycles. The molecule has 0 aliphatic carbocycles. The number of nitrogens with zero attached hydrogens (tertiary/aromatic N) is 1. The minimum Gasteiger partial charge on any atom is -0.314 e. The zero-order valence-corrected chi connectivity index (χ0v) is 9.86. The topological polar surface area (TPSA) is 74.7 Å². The highest BCUT2D eigenvalue weighted by atomic mass is 32.2. The van der Waals surface area contributed by atoms with Gasteiger partial charge in [0.15, 0.2) is 0 Å². The summed E-state index contributed by atoms with van der Waals surface area (Å²) in [6, 6.07) is 5.81. The zero-order valence-electron chi connectivity index (χ0n) is 9.04. The van der Waals surface area contributed by atoms with E-state index >= 15 is 0 Å². The van der Waals surface area contributed by atoms with E-state index < -0.39 is 10.1 Å². The summed E-state index contributed by atoms with van der Waals surface area (Å²) in [4.78, 5) is 12.4. The third-order valence-electron chi connectivity index (χ3n) is 2.18. The summed E-state index contributed by atoms with van der Waals surface area (Å²) < 4.78 is 31.2. The highest BCUT2D eigenvalue weighted by Gasteiger charge is 2.19. The van der Waals surface area contributed by atoms with Crippen LogP contribution in [0.15, 0.2) is 29.2 Å². The standard InChI is InChI=1S/C10H13NO4S/c1-3-10(12)11(2)8-6-4-5-7-9(8)16(13,14)15/h4-7H,3H2,1-2H3,(H,13,14,15). The lowest BCUT2D eigenvalue weighted by atomic mass is 10.3. The van der Waals surface area contributed by atoms with Crippen LogP contribution in [0.2, 0.25) is 0 Å². The van der Waals surface area contributed by atoms with Crippen molar-refractivity contribution in [3.63, 3.8) is 0 Å². The molecule has 1 aromatic rings. The molecule has 0 heterocycles. The first-order chi connectivity index (χ1) is 7.38. The maximum absolute atomic E-state index is 11.4. The molecule has 0 spiro atoms. The van der Waals surface area contributed by atoms with E-state index in [-0.39, 0.29) is 22.9 Å². The number of carbonyl (C=O) groups is 1. The quantitative estimate of drug-likeness (QED) is 0.812. The average Bonchev–Trinajstić information content (AvgIpc) is 2.26. The number of anilines is 1. The molecule has 16 heavy (non-hydrogen) atoms. The third-order valence-corrected chi connectivity index (χ3v) is 3.08. The number of hydrogen-bond acceptors (Lipinski definition) is 3. The maximum Gasteiger partial charge on any atom is 0.296 e. The molecule has 0 fully saturated rings. The molecular weight excluding hydrogens is 230 g/mol. The number of amides is 1. The van der Waals surface area contributed by atoms with E-state index in [1.165, 1.54) is 30.1 Å². The van der Waals surface area contributed by atoms with Crippen molar-refractivity contribution in [1.29, 1.82) is 0 Å². The van der Waals surface area contributed by atoms with Crippen molar-refractivity contribution in [1.82, 2.24) is 0 Å². The smallest absolute Gasteiger partial charge is 0.296 e. The van der Waals surface area contributed by atoms with Crippen LogP contribution >= 0.6 is 0 Å². The van der Waals surface area contributed by atoms with Gasteiger partial charge in [0.2, 0.25) is 5.91 Å².